The Morgan fingerprint density at radius 3 is 2.73 bits per heavy atom. The van der Waals surface area contributed by atoms with Gasteiger partial charge in [-0.1, -0.05) is 35.9 Å². The van der Waals surface area contributed by atoms with E-state index in [1.807, 2.05) is 31.2 Å². The summed E-state index contributed by atoms with van der Waals surface area (Å²) in [6.07, 6.45) is 3.33. The molecule has 4 nitrogen and oxygen atoms in total. The van der Waals surface area contributed by atoms with Crippen LogP contribution in [-0.4, -0.2) is 13.1 Å². The van der Waals surface area contributed by atoms with Crippen molar-refractivity contribution in [2.75, 3.05) is 12.4 Å². The lowest BCUT2D eigenvalue weighted by molar-refractivity contribution is 0.255. The topological polar surface area (TPSA) is 50.4 Å². The van der Waals surface area contributed by atoms with Crippen molar-refractivity contribution < 1.29 is 9.53 Å². The Morgan fingerprint density at radius 2 is 1.95 bits per heavy atom. The van der Waals surface area contributed by atoms with Crippen LogP contribution < -0.4 is 15.4 Å². The van der Waals surface area contributed by atoms with Gasteiger partial charge in [-0.25, -0.2) is 4.79 Å². The largest absolute Gasteiger partial charge is 0.496 e. The number of carbonyl (C=O) groups is 1. The van der Waals surface area contributed by atoms with Gasteiger partial charge in [0.05, 0.1) is 7.11 Å². The molecule has 0 aliphatic carbocycles. The third-order valence-electron chi connectivity index (χ3n) is 3.13. The molecule has 0 saturated heterocycles. The molecule has 2 rings (SSSR count). The molecule has 0 spiro atoms. The zero-order valence-electron chi connectivity index (χ0n) is 12.4. The molecule has 0 radical (unpaired) electrons. The van der Waals surface area contributed by atoms with Gasteiger partial charge in [0.2, 0.25) is 0 Å². The second-order valence-electron chi connectivity index (χ2n) is 4.59. The number of anilines is 1. The van der Waals surface area contributed by atoms with E-state index in [1.54, 1.807) is 37.6 Å². The highest BCUT2D eigenvalue weighted by molar-refractivity contribution is 6.31. The predicted octanol–water partition coefficient (Wildman–Crippen LogP) is 4.45. The Morgan fingerprint density at radius 1 is 1.18 bits per heavy atom. The number of amides is 2. The molecule has 0 fully saturated rings. The first-order valence-electron chi connectivity index (χ1n) is 6.74. The first-order chi connectivity index (χ1) is 10.6. The summed E-state index contributed by atoms with van der Waals surface area (Å²) in [6, 6.07) is 12.6. The standard InChI is InChI=1S/C17H17ClN2O2/c1-12-14(18)7-5-8-15(12)20-17(21)19-11-10-13-6-3-4-9-16(13)22-2/h3-11H,1-2H3,(H2,19,20,21)/b11-10+. The molecule has 114 valence electrons. The minimum atomic E-state index is -0.337. The van der Waals surface area contributed by atoms with E-state index >= 15 is 0 Å². The summed E-state index contributed by atoms with van der Waals surface area (Å²) in [5, 5.41) is 6.01. The van der Waals surface area contributed by atoms with Crippen LogP contribution in [0.1, 0.15) is 11.1 Å². The summed E-state index contributed by atoms with van der Waals surface area (Å²) in [6.45, 7) is 1.85. The Bertz CT molecular complexity index is 699. The van der Waals surface area contributed by atoms with Crippen LogP contribution in [0.25, 0.3) is 6.08 Å². The van der Waals surface area contributed by atoms with Crippen LogP contribution in [0.5, 0.6) is 5.75 Å². The Labute approximate surface area is 134 Å². The molecule has 0 bridgehead atoms. The van der Waals surface area contributed by atoms with Crippen molar-refractivity contribution in [3.8, 4) is 5.75 Å². The number of benzene rings is 2. The molecule has 2 aromatic rings. The average Bonchev–Trinajstić information content (AvgIpc) is 2.52. The van der Waals surface area contributed by atoms with E-state index in [0.717, 1.165) is 16.9 Å². The van der Waals surface area contributed by atoms with Crippen molar-refractivity contribution in [3.63, 3.8) is 0 Å². The lowest BCUT2D eigenvalue weighted by atomic mass is 10.2. The van der Waals surface area contributed by atoms with Gasteiger partial charge in [-0.2, -0.15) is 0 Å². The molecule has 0 aliphatic heterocycles. The Hall–Kier alpha value is -2.46. The van der Waals surface area contributed by atoms with Crippen molar-refractivity contribution in [1.82, 2.24) is 5.32 Å². The van der Waals surface area contributed by atoms with Crippen molar-refractivity contribution in [1.29, 1.82) is 0 Å². The van der Waals surface area contributed by atoms with Crippen LogP contribution in [-0.2, 0) is 0 Å². The van der Waals surface area contributed by atoms with Crippen LogP contribution in [0.2, 0.25) is 5.02 Å². The van der Waals surface area contributed by atoms with E-state index in [0.29, 0.717) is 10.7 Å². The first-order valence-corrected chi connectivity index (χ1v) is 7.12. The normalized spacial score (nSPS) is 10.5. The molecule has 2 N–H and O–H groups in total. The van der Waals surface area contributed by atoms with Crippen molar-refractivity contribution >= 4 is 29.4 Å². The quantitative estimate of drug-likeness (QED) is 0.875. The van der Waals surface area contributed by atoms with E-state index in [1.165, 1.54) is 0 Å². The van der Waals surface area contributed by atoms with Gasteiger partial charge in [-0.15, -0.1) is 0 Å². The van der Waals surface area contributed by atoms with Crippen LogP contribution >= 0.6 is 11.6 Å². The zero-order chi connectivity index (χ0) is 15.9. The van der Waals surface area contributed by atoms with E-state index in [2.05, 4.69) is 10.6 Å². The maximum atomic E-state index is 11.9. The zero-order valence-corrected chi connectivity index (χ0v) is 13.1. The summed E-state index contributed by atoms with van der Waals surface area (Å²) in [7, 11) is 1.61. The van der Waals surface area contributed by atoms with Gasteiger partial charge in [0.25, 0.3) is 0 Å². The van der Waals surface area contributed by atoms with Crippen LogP contribution in [0.4, 0.5) is 10.5 Å². The van der Waals surface area contributed by atoms with Crippen molar-refractivity contribution in [2.24, 2.45) is 0 Å². The number of nitrogens with one attached hydrogen (secondary N) is 2. The van der Waals surface area contributed by atoms with Gasteiger partial charge in [0, 0.05) is 22.5 Å². The van der Waals surface area contributed by atoms with Crippen LogP contribution in [0.15, 0.2) is 48.7 Å². The summed E-state index contributed by atoms with van der Waals surface area (Å²) in [4.78, 5) is 11.9. The molecule has 0 aliphatic rings. The fraction of sp³-hybridized carbons (Fsp3) is 0.118. The molecular weight excluding hydrogens is 300 g/mol. The van der Waals surface area contributed by atoms with Crippen molar-refractivity contribution in [2.45, 2.75) is 6.92 Å². The molecule has 0 aromatic heterocycles. The first kappa shape index (κ1) is 15.9. The molecule has 0 unspecified atom stereocenters. The number of hydrogen-bond donors (Lipinski definition) is 2. The smallest absolute Gasteiger partial charge is 0.323 e. The summed E-state index contributed by atoms with van der Waals surface area (Å²) in [5.74, 6) is 0.742. The van der Waals surface area contributed by atoms with Gasteiger partial charge >= 0.3 is 6.03 Å². The van der Waals surface area contributed by atoms with E-state index in [4.69, 9.17) is 16.3 Å². The van der Waals surface area contributed by atoms with Gasteiger partial charge in [0.1, 0.15) is 5.75 Å². The maximum Gasteiger partial charge on any atom is 0.323 e. The van der Waals surface area contributed by atoms with Gasteiger partial charge in [-0.3, -0.25) is 0 Å². The third-order valence-corrected chi connectivity index (χ3v) is 3.54. The second kappa shape index (κ2) is 7.52. The number of urea groups is 1. The number of carbonyl (C=O) groups excluding carboxylic acids is 1. The average molecular weight is 317 g/mol. The van der Waals surface area contributed by atoms with Crippen LogP contribution in [0.3, 0.4) is 0 Å². The van der Waals surface area contributed by atoms with Crippen molar-refractivity contribution in [3.05, 3.63) is 64.8 Å². The summed E-state index contributed by atoms with van der Waals surface area (Å²) >= 11 is 6.02. The third kappa shape index (κ3) is 4.02. The fourth-order valence-electron chi connectivity index (χ4n) is 1.91. The number of hydrogen-bond acceptors (Lipinski definition) is 2. The highest BCUT2D eigenvalue weighted by Gasteiger charge is 2.05. The molecule has 0 heterocycles. The van der Waals surface area contributed by atoms with E-state index in [9.17, 15) is 4.79 Å². The second-order valence-corrected chi connectivity index (χ2v) is 4.99. The van der Waals surface area contributed by atoms with E-state index in [-0.39, 0.29) is 6.03 Å². The minimum absolute atomic E-state index is 0.337. The number of ether oxygens (including phenoxy) is 1. The molecule has 0 atom stereocenters. The molecule has 2 amide bonds. The molecule has 2 aromatic carbocycles. The van der Waals surface area contributed by atoms with Crippen LogP contribution in [0, 0.1) is 6.92 Å². The highest BCUT2D eigenvalue weighted by Crippen LogP contribution is 2.22. The Balaban J connectivity index is 1.98. The maximum absolute atomic E-state index is 11.9. The number of para-hydroxylation sites is 1. The number of rotatable bonds is 4. The highest BCUT2D eigenvalue weighted by atomic mass is 35.5. The number of halogens is 1. The lowest BCUT2D eigenvalue weighted by Gasteiger charge is -2.09. The number of methoxy groups -OCH3 is 1. The summed E-state index contributed by atoms with van der Waals surface area (Å²) in [5.41, 5.74) is 2.38. The van der Waals surface area contributed by atoms with Gasteiger partial charge in [-0.05, 0) is 36.8 Å². The summed E-state index contributed by atoms with van der Waals surface area (Å²) < 4.78 is 5.23. The molecule has 0 saturated carbocycles. The van der Waals surface area contributed by atoms with Gasteiger partial charge < -0.3 is 15.4 Å². The fourth-order valence-corrected chi connectivity index (χ4v) is 2.09. The molecule has 5 heteroatoms. The lowest BCUT2D eigenvalue weighted by Crippen LogP contribution is -2.24. The SMILES string of the molecule is COc1ccccc1/C=C/NC(=O)Nc1cccc(Cl)c1C. The molecular formula is C17H17ClN2O2. The molecule has 22 heavy (non-hydrogen) atoms. The minimum Gasteiger partial charge on any atom is -0.496 e. The Kier molecular flexibility index (Phi) is 5.44. The monoisotopic (exact) mass is 316 g/mol. The van der Waals surface area contributed by atoms with E-state index < -0.39 is 0 Å². The predicted molar refractivity (Wildman–Crippen MR) is 90.4 cm³/mol. The van der Waals surface area contributed by atoms with Gasteiger partial charge in [0.15, 0.2) is 0 Å².